The highest BCUT2D eigenvalue weighted by atomic mass is 32.2. The fraction of sp³-hybridized carbons (Fsp3) is 0.700. The van der Waals surface area contributed by atoms with Crippen LogP contribution in [0.5, 0.6) is 0 Å². The van der Waals surface area contributed by atoms with Crippen LogP contribution in [0.2, 0.25) is 0 Å². The number of carboxylic acids is 1. The summed E-state index contributed by atoms with van der Waals surface area (Å²) in [5.74, 6) is -1.23. The lowest BCUT2D eigenvalue weighted by Gasteiger charge is -2.21. The Bertz CT molecular complexity index is 310. The Morgan fingerprint density at radius 1 is 1.35 bits per heavy atom. The number of carboxylic acid groups (broad SMARTS) is 1. The molecule has 0 spiro atoms. The molecule has 0 aromatic carbocycles. The van der Waals surface area contributed by atoms with Crippen molar-refractivity contribution in [1.82, 2.24) is 5.32 Å². The predicted molar refractivity (Wildman–Crippen MR) is 63.9 cm³/mol. The van der Waals surface area contributed by atoms with Gasteiger partial charge in [0.15, 0.2) is 5.12 Å². The molecule has 0 aromatic heterocycles. The summed E-state index contributed by atoms with van der Waals surface area (Å²) >= 11 is 0.838. The first-order valence-corrected chi connectivity index (χ1v) is 5.96. The number of amides is 1. The monoisotopic (exact) mass is 263 g/mol. The Balaban J connectivity index is 4.30. The number of thioether (sulfide) groups is 1. The number of ether oxygens (including phenoxy) is 1. The minimum absolute atomic E-state index is 0.0239. The third kappa shape index (κ3) is 8.56. The van der Waals surface area contributed by atoms with Crippen molar-refractivity contribution in [3.8, 4) is 0 Å². The molecule has 0 aliphatic heterocycles. The van der Waals surface area contributed by atoms with Gasteiger partial charge in [-0.1, -0.05) is 11.8 Å². The van der Waals surface area contributed by atoms with Gasteiger partial charge in [-0.3, -0.25) is 4.79 Å². The molecule has 1 amide bonds. The predicted octanol–water partition coefficient (Wildman–Crippen LogP) is 1.24. The van der Waals surface area contributed by atoms with E-state index in [4.69, 9.17) is 9.84 Å². The molecule has 0 rings (SSSR count). The summed E-state index contributed by atoms with van der Waals surface area (Å²) in [6.45, 7) is 6.35. The van der Waals surface area contributed by atoms with E-state index in [0.717, 1.165) is 11.8 Å². The summed E-state index contributed by atoms with van der Waals surface area (Å²) in [4.78, 5) is 32.9. The van der Waals surface area contributed by atoms with Gasteiger partial charge in [0.25, 0.3) is 0 Å². The summed E-state index contributed by atoms with van der Waals surface area (Å²) in [5, 5.41) is 10.8. The zero-order chi connectivity index (χ0) is 13.6. The number of nitrogens with one attached hydrogen (secondary N) is 1. The van der Waals surface area contributed by atoms with E-state index in [1.165, 1.54) is 6.92 Å². The highest BCUT2D eigenvalue weighted by Gasteiger charge is 2.24. The quantitative estimate of drug-likeness (QED) is 0.792. The molecule has 6 nitrogen and oxygen atoms in total. The number of rotatable bonds is 4. The molecular weight excluding hydrogens is 246 g/mol. The van der Waals surface area contributed by atoms with Crippen molar-refractivity contribution >= 4 is 28.9 Å². The summed E-state index contributed by atoms with van der Waals surface area (Å²) in [5.41, 5.74) is -0.694. The maximum Gasteiger partial charge on any atom is 0.408 e. The van der Waals surface area contributed by atoms with Crippen LogP contribution >= 0.6 is 11.8 Å². The SMILES string of the molecule is CC(=O)SCC(NC(=O)OC(C)(C)C)C(=O)O. The van der Waals surface area contributed by atoms with E-state index in [-0.39, 0.29) is 10.9 Å². The highest BCUT2D eigenvalue weighted by molar-refractivity contribution is 8.13. The smallest absolute Gasteiger partial charge is 0.408 e. The molecule has 1 atom stereocenters. The van der Waals surface area contributed by atoms with Gasteiger partial charge in [-0.2, -0.15) is 0 Å². The Labute approximate surface area is 104 Å². The Morgan fingerprint density at radius 3 is 2.24 bits per heavy atom. The van der Waals surface area contributed by atoms with Gasteiger partial charge in [0.2, 0.25) is 0 Å². The first-order chi connectivity index (χ1) is 7.61. The van der Waals surface area contributed by atoms with Gasteiger partial charge in [0.1, 0.15) is 11.6 Å². The van der Waals surface area contributed by atoms with Crippen LogP contribution < -0.4 is 5.32 Å². The number of hydrogen-bond acceptors (Lipinski definition) is 5. The van der Waals surface area contributed by atoms with E-state index in [1.54, 1.807) is 20.8 Å². The van der Waals surface area contributed by atoms with Crippen LogP contribution in [0.1, 0.15) is 27.7 Å². The van der Waals surface area contributed by atoms with Crippen molar-refractivity contribution in [2.75, 3.05) is 5.75 Å². The minimum atomic E-state index is -1.20. The van der Waals surface area contributed by atoms with Gasteiger partial charge in [0.05, 0.1) is 0 Å². The van der Waals surface area contributed by atoms with Crippen molar-refractivity contribution in [2.45, 2.75) is 39.3 Å². The van der Waals surface area contributed by atoms with Crippen LogP contribution in [0, 0.1) is 0 Å². The molecule has 0 saturated carbocycles. The van der Waals surface area contributed by atoms with Gasteiger partial charge in [0, 0.05) is 12.7 Å². The van der Waals surface area contributed by atoms with Crippen molar-refractivity contribution in [3.05, 3.63) is 0 Å². The van der Waals surface area contributed by atoms with Crippen molar-refractivity contribution < 1.29 is 24.2 Å². The first-order valence-electron chi connectivity index (χ1n) is 4.97. The second-order valence-corrected chi connectivity index (χ2v) is 5.54. The first kappa shape index (κ1) is 15.8. The maximum atomic E-state index is 11.3. The van der Waals surface area contributed by atoms with E-state index in [9.17, 15) is 14.4 Å². The zero-order valence-electron chi connectivity index (χ0n) is 10.3. The van der Waals surface area contributed by atoms with Crippen molar-refractivity contribution in [3.63, 3.8) is 0 Å². The van der Waals surface area contributed by atoms with Gasteiger partial charge in [-0.05, 0) is 20.8 Å². The van der Waals surface area contributed by atoms with E-state index in [1.807, 2.05) is 0 Å². The van der Waals surface area contributed by atoms with E-state index >= 15 is 0 Å². The lowest BCUT2D eigenvalue weighted by atomic mass is 10.2. The van der Waals surface area contributed by atoms with E-state index < -0.39 is 23.7 Å². The van der Waals surface area contributed by atoms with Gasteiger partial charge >= 0.3 is 12.1 Å². The molecule has 0 heterocycles. The van der Waals surface area contributed by atoms with Crippen LogP contribution in [-0.4, -0.2) is 39.7 Å². The van der Waals surface area contributed by atoms with E-state index in [2.05, 4.69) is 5.32 Å². The number of aliphatic carboxylic acids is 1. The average molecular weight is 263 g/mol. The lowest BCUT2D eigenvalue weighted by molar-refractivity contribution is -0.138. The van der Waals surface area contributed by atoms with Crippen LogP contribution in [-0.2, 0) is 14.3 Å². The third-order valence-electron chi connectivity index (χ3n) is 1.44. The minimum Gasteiger partial charge on any atom is -0.480 e. The molecule has 2 N–H and O–H groups in total. The molecule has 0 radical (unpaired) electrons. The average Bonchev–Trinajstić information content (AvgIpc) is 2.08. The molecule has 0 fully saturated rings. The molecular formula is C10H17NO5S. The molecule has 0 aliphatic rings. The molecule has 17 heavy (non-hydrogen) atoms. The van der Waals surface area contributed by atoms with Crippen LogP contribution in [0.3, 0.4) is 0 Å². The fourth-order valence-electron chi connectivity index (χ4n) is 0.825. The Morgan fingerprint density at radius 2 is 1.88 bits per heavy atom. The van der Waals surface area contributed by atoms with Crippen LogP contribution in [0.4, 0.5) is 4.79 Å². The second-order valence-electron chi connectivity index (χ2n) is 4.34. The molecule has 98 valence electrons. The van der Waals surface area contributed by atoms with Gasteiger partial charge < -0.3 is 15.2 Å². The number of carbonyl (C=O) groups excluding carboxylic acids is 2. The molecule has 0 saturated heterocycles. The van der Waals surface area contributed by atoms with Crippen molar-refractivity contribution in [1.29, 1.82) is 0 Å². The van der Waals surface area contributed by atoms with Crippen LogP contribution in [0.25, 0.3) is 0 Å². The van der Waals surface area contributed by atoms with E-state index in [0.29, 0.717) is 0 Å². The van der Waals surface area contributed by atoms with Crippen molar-refractivity contribution in [2.24, 2.45) is 0 Å². The number of hydrogen-bond donors (Lipinski definition) is 2. The molecule has 1 unspecified atom stereocenters. The molecule has 0 aromatic rings. The molecule has 0 bridgehead atoms. The Hall–Kier alpha value is -1.24. The number of alkyl carbamates (subject to hydrolysis) is 1. The standard InChI is InChI=1S/C10H17NO5S/c1-6(12)17-5-7(8(13)14)11-9(15)16-10(2,3)4/h7H,5H2,1-4H3,(H,11,15)(H,13,14). The number of carbonyl (C=O) groups is 3. The summed E-state index contributed by atoms with van der Waals surface area (Å²) in [6.07, 6.45) is -0.811. The normalized spacial score (nSPS) is 12.7. The van der Waals surface area contributed by atoms with Gasteiger partial charge in [-0.25, -0.2) is 9.59 Å². The summed E-state index contributed by atoms with van der Waals surface area (Å²) < 4.78 is 4.92. The van der Waals surface area contributed by atoms with Crippen LogP contribution in [0.15, 0.2) is 0 Å². The Kier molecular flexibility index (Phi) is 6.01. The lowest BCUT2D eigenvalue weighted by Crippen LogP contribution is -2.45. The highest BCUT2D eigenvalue weighted by Crippen LogP contribution is 2.08. The largest absolute Gasteiger partial charge is 0.480 e. The zero-order valence-corrected chi connectivity index (χ0v) is 11.1. The molecule has 7 heteroatoms. The fourth-order valence-corrected chi connectivity index (χ4v) is 1.45. The third-order valence-corrected chi connectivity index (χ3v) is 2.35. The topological polar surface area (TPSA) is 92.7 Å². The van der Waals surface area contributed by atoms with Gasteiger partial charge in [-0.15, -0.1) is 0 Å². The molecule has 0 aliphatic carbocycles. The maximum absolute atomic E-state index is 11.3. The summed E-state index contributed by atoms with van der Waals surface area (Å²) in [6, 6.07) is -1.14. The second kappa shape index (κ2) is 6.48. The summed E-state index contributed by atoms with van der Waals surface area (Å²) in [7, 11) is 0.